The topological polar surface area (TPSA) is 59.1 Å². The highest BCUT2D eigenvalue weighted by Crippen LogP contribution is 2.25. The van der Waals surface area contributed by atoms with Gasteiger partial charge in [0.2, 0.25) is 5.91 Å². The summed E-state index contributed by atoms with van der Waals surface area (Å²) in [5, 5.41) is 3.38. The summed E-state index contributed by atoms with van der Waals surface area (Å²) in [4.78, 5) is 26.7. The van der Waals surface area contributed by atoms with Crippen LogP contribution in [0.3, 0.4) is 0 Å². The van der Waals surface area contributed by atoms with E-state index in [1.807, 2.05) is 24.3 Å². The number of ketones is 1. The van der Waals surface area contributed by atoms with Crippen molar-refractivity contribution in [1.82, 2.24) is 4.98 Å². The monoisotopic (exact) mass is 262 g/mol. The molecule has 2 aromatic rings. The maximum Gasteiger partial charge on any atom is 0.226 e. The van der Waals surface area contributed by atoms with E-state index in [9.17, 15) is 9.59 Å². The van der Waals surface area contributed by atoms with Crippen LogP contribution in [0.5, 0.6) is 0 Å². The van der Waals surface area contributed by atoms with Crippen molar-refractivity contribution in [3.8, 4) is 0 Å². The van der Waals surface area contributed by atoms with E-state index >= 15 is 0 Å². The Bertz CT molecular complexity index is 544. The van der Waals surface area contributed by atoms with Crippen LogP contribution in [-0.4, -0.2) is 16.7 Å². The highest BCUT2D eigenvalue weighted by atomic mass is 32.1. The van der Waals surface area contributed by atoms with Crippen molar-refractivity contribution in [1.29, 1.82) is 0 Å². The Labute approximate surface area is 109 Å². The molecule has 0 aliphatic carbocycles. The van der Waals surface area contributed by atoms with Crippen molar-refractivity contribution in [3.63, 3.8) is 0 Å². The maximum absolute atomic E-state index is 11.6. The SMILES string of the molecule is CC(=O)CCCC(=O)Nc1nc2ccccc2s1. The minimum atomic E-state index is -0.0877. The number of nitrogens with one attached hydrogen (secondary N) is 1. The molecule has 0 aliphatic rings. The van der Waals surface area contributed by atoms with Crippen LogP contribution < -0.4 is 5.32 Å². The van der Waals surface area contributed by atoms with Crippen LogP contribution in [0.15, 0.2) is 24.3 Å². The molecule has 4 nitrogen and oxygen atoms in total. The molecule has 0 aliphatic heterocycles. The Balaban J connectivity index is 1.92. The van der Waals surface area contributed by atoms with Crippen LogP contribution in [0, 0.1) is 0 Å². The van der Waals surface area contributed by atoms with Gasteiger partial charge in [0.05, 0.1) is 10.2 Å². The number of thiazole rings is 1. The van der Waals surface area contributed by atoms with Gasteiger partial charge in [0.25, 0.3) is 0 Å². The first kappa shape index (κ1) is 12.7. The van der Waals surface area contributed by atoms with Crippen LogP contribution in [0.1, 0.15) is 26.2 Å². The number of hydrogen-bond acceptors (Lipinski definition) is 4. The highest BCUT2D eigenvalue weighted by molar-refractivity contribution is 7.22. The first-order chi connectivity index (χ1) is 8.65. The van der Waals surface area contributed by atoms with E-state index in [2.05, 4.69) is 10.3 Å². The minimum Gasteiger partial charge on any atom is -0.302 e. The fourth-order valence-electron chi connectivity index (χ4n) is 1.61. The molecular weight excluding hydrogens is 248 g/mol. The second-order valence-electron chi connectivity index (χ2n) is 4.09. The Kier molecular flexibility index (Phi) is 4.04. The number of amides is 1. The summed E-state index contributed by atoms with van der Waals surface area (Å²) in [6.45, 7) is 1.53. The van der Waals surface area contributed by atoms with Gasteiger partial charge in [-0.1, -0.05) is 23.5 Å². The van der Waals surface area contributed by atoms with Crippen LogP contribution in [-0.2, 0) is 9.59 Å². The van der Waals surface area contributed by atoms with Crippen molar-refractivity contribution in [2.75, 3.05) is 5.32 Å². The van der Waals surface area contributed by atoms with E-state index in [4.69, 9.17) is 0 Å². The van der Waals surface area contributed by atoms with E-state index in [0.29, 0.717) is 24.4 Å². The van der Waals surface area contributed by atoms with Gasteiger partial charge in [-0.25, -0.2) is 4.98 Å². The van der Waals surface area contributed by atoms with Gasteiger partial charge in [-0.2, -0.15) is 0 Å². The third-order valence-corrected chi connectivity index (χ3v) is 3.42. The lowest BCUT2D eigenvalue weighted by Crippen LogP contribution is -2.11. The predicted octanol–water partition coefficient (Wildman–Crippen LogP) is 2.99. The van der Waals surface area contributed by atoms with E-state index in [1.165, 1.54) is 18.3 Å². The Morgan fingerprint density at radius 2 is 2.06 bits per heavy atom. The average molecular weight is 262 g/mol. The number of nitrogens with zero attached hydrogens (tertiary/aromatic N) is 1. The Hall–Kier alpha value is -1.75. The molecule has 1 aromatic carbocycles. The molecule has 0 saturated carbocycles. The third-order valence-electron chi connectivity index (χ3n) is 2.47. The lowest BCUT2D eigenvalue weighted by atomic mass is 10.2. The lowest BCUT2D eigenvalue weighted by Gasteiger charge is -1.99. The van der Waals surface area contributed by atoms with Gasteiger partial charge in [-0.15, -0.1) is 0 Å². The molecule has 0 radical (unpaired) electrons. The maximum atomic E-state index is 11.6. The molecule has 1 heterocycles. The number of benzene rings is 1. The number of Topliss-reactive ketones (excluding diaryl/α,β-unsaturated/α-hetero) is 1. The van der Waals surface area contributed by atoms with E-state index in [1.54, 1.807) is 0 Å². The van der Waals surface area contributed by atoms with E-state index in [-0.39, 0.29) is 11.7 Å². The molecule has 94 valence electrons. The van der Waals surface area contributed by atoms with Crippen LogP contribution >= 0.6 is 11.3 Å². The van der Waals surface area contributed by atoms with E-state index < -0.39 is 0 Å². The van der Waals surface area contributed by atoms with Crippen LogP contribution in [0.2, 0.25) is 0 Å². The third kappa shape index (κ3) is 3.37. The number of aromatic nitrogens is 1. The number of hydrogen-bond donors (Lipinski definition) is 1. The van der Waals surface area contributed by atoms with Gasteiger partial charge < -0.3 is 10.1 Å². The average Bonchev–Trinajstić information content (AvgIpc) is 2.70. The first-order valence-electron chi connectivity index (χ1n) is 5.80. The minimum absolute atomic E-state index is 0.0877. The zero-order valence-corrected chi connectivity index (χ0v) is 10.9. The fraction of sp³-hybridized carbons (Fsp3) is 0.308. The van der Waals surface area contributed by atoms with Crippen molar-refractivity contribution < 1.29 is 9.59 Å². The fourth-order valence-corrected chi connectivity index (χ4v) is 2.49. The number of para-hydroxylation sites is 1. The molecule has 0 unspecified atom stereocenters. The highest BCUT2D eigenvalue weighted by Gasteiger charge is 2.07. The zero-order valence-electron chi connectivity index (χ0n) is 10.1. The second kappa shape index (κ2) is 5.73. The number of fused-ring (bicyclic) bond motifs is 1. The van der Waals surface area contributed by atoms with Gasteiger partial charge in [-0.05, 0) is 25.5 Å². The molecule has 18 heavy (non-hydrogen) atoms. The van der Waals surface area contributed by atoms with Crippen molar-refractivity contribution in [2.24, 2.45) is 0 Å². The number of carbonyl (C=O) groups excluding carboxylic acids is 2. The molecule has 1 amide bonds. The van der Waals surface area contributed by atoms with Gasteiger partial charge >= 0.3 is 0 Å². The van der Waals surface area contributed by atoms with Crippen molar-refractivity contribution in [3.05, 3.63) is 24.3 Å². The van der Waals surface area contributed by atoms with Gasteiger partial charge in [0.15, 0.2) is 5.13 Å². The smallest absolute Gasteiger partial charge is 0.226 e. The number of carbonyl (C=O) groups is 2. The molecule has 2 rings (SSSR count). The Morgan fingerprint density at radius 1 is 1.28 bits per heavy atom. The normalized spacial score (nSPS) is 10.5. The predicted molar refractivity (Wildman–Crippen MR) is 72.8 cm³/mol. The quantitative estimate of drug-likeness (QED) is 0.901. The van der Waals surface area contributed by atoms with Crippen LogP contribution in [0.25, 0.3) is 10.2 Å². The molecule has 5 heteroatoms. The van der Waals surface area contributed by atoms with Gasteiger partial charge in [0, 0.05) is 12.8 Å². The molecule has 0 saturated heterocycles. The van der Waals surface area contributed by atoms with Gasteiger partial charge in [-0.3, -0.25) is 4.79 Å². The molecule has 1 N–H and O–H groups in total. The summed E-state index contributed by atoms with van der Waals surface area (Å²) < 4.78 is 1.05. The van der Waals surface area contributed by atoms with Crippen LogP contribution in [0.4, 0.5) is 5.13 Å². The number of rotatable bonds is 5. The van der Waals surface area contributed by atoms with E-state index in [0.717, 1.165) is 10.2 Å². The first-order valence-corrected chi connectivity index (χ1v) is 6.61. The lowest BCUT2D eigenvalue weighted by molar-refractivity contribution is -0.117. The molecular formula is C13H14N2O2S. The summed E-state index contributed by atoms with van der Waals surface area (Å²) in [5.74, 6) is 0.0260. The molecule has 0 spiro atoms. The summed E-state index contributed by atoms with van der Waals surface area (Å²) in [5.41, 5.74) is 0.890. The van der Waals surface area contributed by atoms with Crippen molar-refractivity contribution in [2.45, 2.75) is 26.2 Å². The molecule has 0 bridgehead atoms. The summed E-state index contributed by atoms with van der Waals surface area (Å²) >= 11 is 1.46. The summed E-state index contributed by atoms with van der Waals surface area (Å²) in [6.07, 6.45) is 1.40. The Morgan fingerprint density at radius 3 is 2.78 bits per heavy atom. The standard InChI is InChI=1S/C13H14N2O2S/c1-9(16)5-4-8-12(17)15-13-14-10-6-2-3-7-11(10)18-13/h2-3,6-7H,4-5,8H2,1H3,(H,14,15,17). The largest absolute Gasteiger partial charge is 0.302 e. The number of anilines is 1. The van der Waals surface area contributed by atoms with Crippen molar-refractivity contribution >= 4 is 38.4 Å². The van der Waals surface area contributed by atoms with Gasteiger partial charge in [0.1, 0.15) is 5.78 Å². The molecule has 0 fully saturated rings. The second-order valence-corrected chi connectivity index (χ2v) is 5.12. The summed E-state index contributed by atoms with van der Waals surface area (Å²) in [6, 6.07) is 7.75. The summed E-state index contributed by atoms with van der Waals surface area (Å²) in [7, 11) is 0. The molecule has 1 aromatic heterocycles. The molecule has 0 atom stereocenters. The zero-order chi connectivity index (χ0) is 13.0.